The Kier molecular flexibility index (Phi) is 6.76. The first-order chi connectivity index (χ1) is 13.0. The molecule has 0 spiro atoms. The number of aryl methyl sites for hydroxylation is 2. The summed E-state index contributed by atoms with van der Waals surface area (Å²) in [6, 6.07) is 0. The number of amides is 1. The molecule has 2 N–H and O–H groups in total. The lowest BCUT2D eigenvalue weighted by Crippen LogP contribution is -2.32. The number of hydrogen-bond donors (Lipinski definition) is 2. The third kappa shape index (κ3) is 5.02. The highest BCUT2D eigenvalue weighted by Crippen LogP contribution is 2.26. The number of fused-ring (bicyclic) bond motifs is 1. The van der Waals surface area contributed by atoms with E-state index in [4.69, 9.17) is 0 Å². The van der Waals surface area contributed by atoms with Crippen LogP contribution in [-0.2, 0) is 10.5 Å². The van der Waals surface area contributed by atoms with Gasteiger partial charge in [-0.15, -0.1) is 23.1 Å². The SMILES string of the molecule is Cc1sc2nc(CS[C@@H](C)C(=O)NCCC3=CCCCC3)[nH]c(=O)c2c1C. The van der Waals surface area contributed by atoms with Gasteiger partial charge in [0, 0.05) is 11.4 Å². The monoisotopic (exact) mass is 405 g/mol. The Labute approximate surface area is 168 Å². The molecule has 0 unspecified atom stereocenters. The van der Waals surface area contributed by atoms with Crippen LogP contribution in [0.4, 0.5) is 0 Å². The van der Waals surface area contributed by atoms with Crippen molar-refractivity contribution in [2.45, 2.75) is 63.9 Å². The van der Waals surface area contributed by atoms with Crippen LogP contribution in [0.15, 0.2) is 16.4 Å². The molecule has 0 aromatic carbocycles. The van der Waals surface area contributed by atoms with Gasteiger partial charge in [-0.1, -0.05) is 11.6 Å². The number of nitrogens with one attached hydrogen (secondary N) is 2. The first-order valence-corrected chi connectivity index (χ1v) is 11.4. The molecule has 146 valence electrons. The molecule has 27 heavy (non-hydrogen) atoms. The summed E-state index contributed by atoms with van der Waals surface area (Å²) in [6.07, 6.45) is 8.17. The molecule has 1 atom stereocenters. The summed E-state index contributed by atoms with van der Waals surface area (Å²) in [5.74, 6) is 1.19. The fourth-order valence-electron chi connectivity index (χ4n) is 3.27. The quantitative estimate of drug-likeness (QED) is 0.676. The summed E-state index contributed by atoms with van der Waals surface area (Å²) in [5, 5.41) is 3.53. The predicted octanol–water partition coefficient (Wildman–Crippen LogP) is 4.23. The van der Waals surface area contributed by atoms with Gasteiger partial charge < -0.3 is 10.3 Å². The van der Waals surface area contributed by atoms with E-state index in [9.17, 15) is 9.59 Å². The molecule has 3 rings (SSSR count). The Morgan fingerprint density at radius 3 is 2.96 bits per heavy atom. The van der Waals surface area contributed by atoms with Crippen LogP contribution in [0.2, 0.25) is 0 Å². The summed E-state index contributed by atoms with van der Waals surface area (Å²) >= 11 is 3.04. The molecule has 5 nitrogen and oxygen atoms in total. The zero-order valence-corrected chi connectivity index (χ0v) is 17.8. The Balaban J connectivity index is 1.51. The van der Waals surface area contributed by atoms with Gasteiger partial charge in [-0.2, -0.15) is 0 Å². The number of thiophene rings is 1. The number of H-pyrrole nitrogens is 1. The zero-order valence-electron chi connectivity index (χ0n) is 16.2. The largest absolute Gasteiger partial charge is 0.355 e. The normalized spacial score (nSPS) is 15.6. The molecule has 0 fully saturated rings. The number of carbonyl (C=O) groups excluding carboxylic acids is 1. The minimum Gasteiger partial charge on any atom is -0.355 e. The van der Waals surface area contributed by atoms with Crippen LogP contribution >= 0.6 is 23.1 Å². The zero-order chi connectivity index (χ0) is 19.4. The van der Waals surface area contributed by atoms with E-state index >= 15 is 0 Å². The first-order valence-electron chi connectivity index (χ1n) is 9.52. The van der Waals surface area contributed by atoms with Crippen LogP contribution in [0.5, 0.6) is 0 Å². The number of aromatic nitrogens is 2. The fraction of sp³-hybridized carbons (Fsp3) is 0.550. The second-order valence-corrected chi connectivity index (χ2v) is 9.61. The average Bonchev–Trinajstić information content (AvgIpc) is 2.94. The third-order valence-corrected chi connectivity index (χ3v) is 7.31. The minimum atomic E-state index is -0.182. The number of allylic oxidation sites excluding steroid dienone is 1. The average molecular weight is 406 g/mol. The maximum atomic E-state index is 12.3. The maximum absolute atomic E-state index is 12.3. The van der Waals surface area contributed by atoms with Crippen molar-refractivity contribution in [3.05, 3.63) is 38.3 Å². The highest BCUT2D eigenvalue weighted by Gasteiger charge is 2.16. The minimum absolute atomic E-state index is 0.0441. The number of thioether (sulfide) groups is 1. The summed E-state index contributed by atoms with van der Waals surface area (Å²) < 4.78 is 0. The summed E-state index contributed by atoms with van der Waals surface area (Å²) in [4.78, 5) is 34.0. The van der Waals surface area contributed by atoms with Crippen LogP contribution in [-0.4, -0.2) is 27.7 Å². The Hall–Kier alpha value is -1.60. The van der Waals surface area contributed by atoms with Crippen molar-refractivity contribution >= 4 is 39.2 Å². The van der Waals surface area contributed by atoms with Crippen molar-refractivity contribution < 1.29 is 4.79 Å². The van der Waals surface area contributed by atoms with Crippen molar-refractivity contribution in [2.24, 2.45) is 0 Å². The van der Waals surface area contributed by atoms with Crippen LogP contribution < -0.4 is 10.9 Å². The van der Waals surface area contributed by atoms with E-state index in [0.717, 1.165) is 21.7 Å². The van der Waals surface area contributed by atoms with Crippen molar-refractivity contribution in [1.82, 2.24) is 15.3 Å². The number of rotatable bonds is 7. The highest BCUT2D eigenvalue weighted by atomic mass is 32.2. The fourth-order valence-corrected chi connectivity index (χ4v) is 5.10. The van der Waals surface area contributed by atoms with Gasteiger partial charge in [-0.25, -0.2) is 4.98 Å². The van der Waals surface area contributed by atoms with Crippen LogP contribution in [0.25, 0.3) is 10.2 Å². The third-order valence-electron chi connectivity index (χ3n) is 5.06. The molecule has 0 saturated heterocycles. The molecule has 0 bridgehead atoms. The van der Waals surface area contributed by atoms with Crippen molar-refractivity contribution in [2.75, 3.05) is 6.54 Å². The summed E-state index contributed by atoms with van der Waals surface area (Å²) in [6.45, 7) is 6.56. The van der Waals surface area contributed by atoms with Gasteiger partial charge in [-0.05, 0) is 58.4 Å². The molecular weight excluding hydrogens is 378 g/mol. The molecule has 1 aliphatic rings. The van der Waals surface area contributed by atoms with Gasteiger partial charge >= 0.3 is 0 Å². The molecule has 1 amide bonds. The van der Waals surface area contributed by atoms with Gasteiger partial charge in [0.2, 0.25) is 5.91 Å². The van der Waals surface area contributed by atoms with E-state index in [1.807, 2.05) is 20.8 Å². The van der Waals surface area contributed by atoms with Crippen molar-refractivity contribution in [3.8, 4) is 0 Å². The molecule has 1 aliphatic carbocycles. The van der Waals surface area contributed by atoms with E-state index in [1.54, 1.807) is 11.3 Å². The summed E-state index contributed by atoms with van der Waals surface area (Å²) in [5.41, 5.74) is 2.39. The number of aromatic amines is 1. The molecular formula is C20H27N3O2S2. The lowest BCUT2D eigenvalue weighted by atomic mass is 9.97. The Morgan fingerprint density at radius 2 is 2.22 bits per heavy atom. The van der Waals surface area contributed by atoms with Crippen LogP contribution in [0.1, 0.15) is 55.3 Å². The molecule has 7 heteroatoms. The molecule has 0 saturated carbocycles. The van der Waals surface area contributed by atoms with Gasteiger partial charge in [0.25, 0.3) is 5.56 Å². The van der Waals surface area contributed by atoms with E-state index < -0.39 is 0 Å². The van der Waals surface area contributed by atoms with Crippen LogP contribution in [0.3, 0.4) is 0 Å². The Morgan fingerprint density at radius 1 is 1.41 bits per heavy atom. The van der Waals surface area contributed by atoms with Gasteiger partial charge in [0.15, 0.2) is 0 Å². The van der Waals surface area contributed by atoms with Gasteiger partial charge in [0.05, 0.1) is 16.4 Å². The number of hydrogen-bond acceptors (Lipinski definition) is 5. The predicted molar refractivity (Wildman–Crippen MR) is 115 cm³/mol. The van der Waals surface area contributed by atoms with Gasteiger partial charge in [-0.3, -0.25) is 9.59 Å². The lowest BCUT2D eigenvalue weighted by molar-refractivity contribution is -0.120. The number of carbonyl (C=O) groups is 1. The topological polar surface area (TPSA) is 74.8 Å². The Bertz CT molecular complexity index is 914. The van der Waals surface area contributed by atoms with E-state index in [2.05, 4.69) is 21.4 Å². The highest BCUT2D eigenvalue weighted by molar-refractivity contribution is 7.99. The smallest absolute Gasteiger partial charge is 0.259 e. The maximum Gasteiger partial charge on any atom is 0.259 e. The molecule has 2 aromatic rings. The van der Waals surface area contributed by atoms with Crippen LogP contribution in [0, 0.1) is 13.8 Å². The summed E-state index contributed by atoms with van der Waals surface area (Å²) in [7, 11) is 0. The van der Waals surface area contributed by atoms with E-state index in [1.165, 1.54) is 43.0 Å². The molecule has 2 aromatic heterocycles. The first kappa shape index (κ1) is 20.1. The molecule has 0 radical (unpaired) electrons. The van der Waals surface area contributed by atoms with Crippen molar-refractivity contribution in [1.29, 1.82) is 0 Å². The lowest BCUT2D eigenvalue weighted by Gasteiger charge is -2.15. The van der Waals surface area contributed by atoms with Crippen molar-refractivity contribution in [3.63, 3.8) is 0 Å². The number of nitrogens with zero attached hydrogens (tertiary/aromatic N) is 1. The molecule has 0 aliphatic heterocycles. The van der Waals surface area contributed by atoms with E-state index in [-0.39, 0.29) is 16.7 Å². The second kappa shape index (κ2) is 9.06. The van der Waals surface area contributed by atoms with Gasteiger partial charge in [0.1, 0.15) is 10.7 Å². The van der Waals surface area contributed by atoms with E-state index in [0.29, 0.717) is 23.5 Å². The molecule has 2 heterocycles. The standard InChI is InChI=1S/C20H27N3O2S2/c1-12-13(2)27-20-17(12)19(25)22-16(23-20)11-26-14(3)18(24)21-10-9-15-7-5-4-6-8-15/h7,14H,4-6,8-11H2,1-3H3,(H,21,24)(H,22,23,25)/t14-/m0/s1. The second-order valence-electron chi connectivity index (χ2n) is 7.08.